The molecule has 0 saturated heterocycles. The summed E-state index contributed by atoms with van der Waals surface area (Å²) in [6.07, 6.45) is 6.50. The van der Waals surface area contributed by atoms with Gasteiger partial charge in [-0.15, -0.1) is 0 Å². The van der Waals surface area contributed by atoms with E-state index in [1.54, 1.807) is 0 Å². The van der Waals surface area contributed by atoms with Crippen molar-refractivity contribution in [3.05, 3.63) is 11.7 Å². The van der Waals surface area contributed by atoms with Crippen LogP contribution in [0.15, 0.2) is 4.52 Å². The largest absolute Gasteiger partial charge is 0.367 e. The quantitative estimate of drug-likeness (QED) is 0.865. The molecule has 1 aliphatic rings. The standard InChI is InChI=1S/C15H27N3O2/c1-4-11(3)12(16)13-17-14(18-20-13)15(19-5-2)9-7-6-8-10-15/h11-12H,4-10,16H2,1-3H3. The van der Waals surface area contributed by atoms with E-state index in [4.69, 9.17) is 15.0 Å². The van der Waals surface area contributed by atoms with Crippen LogP contribution < -0.4 is 5.73 Å². The molecule has 0 aliphatic heterocycles. The summed E-state index contributed by atoms with van der Waals surface area (Å²) in [5, 5.41) is 4.18. The van der Waals surface area contributed by atoms with E-state index in [1.165, 1.54) is 6.42 Å². The van der Waals surface area contributed by atoms with Crippen LogP contribution in [0, 0.1) is 5.92 Å². The highest BCUT2D eigenvalue weighted by atomic mass is 16.5. The van der Waals surface area contributed by atoms with Crippen molar-refractivity contribution >= 4 is 0 Å². The first-order valence-corrected chi connectivity index (χ1v) is 7.86. The van der Waals surface area contributed by atoms with Crippen LogP contribution in [-0.2, 0) is 10.3 Å². The van der Waals surface area contributed by atoms with Gasteiger partial charge < -0.3 is 15.0 Å². The van der Waals surface area contributed by atoms with E-state index in [0.29, 0.717) is 24.2 Å². The summed E-state index contributed by atoms with van der Waals surface area (Å²) in [7, 11) is 0. The molecule has 0 amide bonds. The molecule has 2 atom stereocenters. The minimum absolute atomic E-state index is 0.191. The van der Waals surface area contributed by atoms with E-state index < -0.39 is 0 Å². The van der Waals surface area contributed by atoms with Gasteiger partial charge in [0.2, 0.25) is 11.7 Å². The number of hydrogen-bond acceptors (Lipinski definition) is 5. The smallest absolute Gasteiger partial charge is 0.243 e. The van der Waals surface area contributed by atoms with Crippen molar-refractivity contribution in [1.29, 1.82) is 0 Å². The van der Waals surface area contributed by atoms with Crippen molar-refractivity contribution in [3.8, 4) is 0 Å². The Morgan fingerprint density at radius 1 is 1.30 bits per heavy atom. The molecule has 1 aromatic rings. The van der Waals surface area contributed by atoms with Crippen LogP contribution in [0.4, 0.5) is 0 Å². The Bertz CT molecular complexity index is 407. The van der Waals surface area contributed by atoms with Crippen molar-refractivity contribution < 1.29 is 9.26 Å². The van der Waals surface area contributed by atoms with Crippen molar-refractivity contribution in [2.24, 2.45) is 11.7 Å². The number of ether oxygens (including phenoxy) is 1. The van der Waals surface area contributed by atoms with E-state index in [0.717, 1.165) is 32.1 Å². The molecule has 5 nitrogen and oxygen atoms in total. The molecule has 114 valence electrons. The lowest BCUT2D eigenvalue weighted by atomic mass is 9.84. The van der Waals surface area contributed by atoms with Gasteiger partial charge in [-0.1, -0.05) is 44.7 Å². The Hall–Kier alpha value is -0.940. The zero-order valence-corrected chi connectivity index (χ0v) is 12.9. The molecular weight excluding hydrogens is 254 g/mol. The average molecular weight is 281 g/mol. The van der Waals surface area contributed by atoms with Crippen LogP contribution in [0.2, 0.25) is 0 Å². The number of aromatic nitrogens is 2. The molecule has 0 aromatic carbocycles. The van der Waals surface area contributed by atoms with Gasteiger partial charge in [0.25, 0.3) is 0 Å². The molecule has 1 fully saturated rings. The second kappa shape index (κ2) is 6.68. The van der Waals surface area contributed by atoms with Gasteiger partial charge in [0, 0.05) is 6.61 Å². The minimum atomic E-state index is -0.357. The molecule has 1 saturated carbocycles. The van der Waals surface area contributed by atoms with Gasteiger partial charge in [-0.3, -0.25) is 0 Å². The fourth-order valence-corrected chi connectivity index (χ4v) is 2.88. The number of nitrogens with two attached hydrogens (primary N) is 1. The van der Waals surface area contributed by atoms with E-state index in [-0.39, 0.29) is 11.6 Å². The fourth-order valence-electron chi connectivity index (χ4n) is 2.88. The average Bonchev–Trinajstić information content (AvgIpc) is 2.97. The lowest BCUT2D eigenvalue weighted by Crippen LogP contribution is -2.33. The monoisotopic (exact) mass is 281 g/mol. The van der Waals surface area contributed by atoms with Gasteiger partial charge in [-0.05, 0) is 25.7 Å². The second-order valence-corrected chi connectivity index (χ2v) is 5.86. The van der Waals surface area contributed by atoms with Crippen LogP contribution >= 0.6 is 0 Å². The van der Waals surface area contributed by atoms with Crippen molar-refractivity contribution in [2.45, 2.75) is 70.9 Å². The van der Waals surface area contributed by atoms with Crippen LogP contribution in [-0.4, -0.2) is 16.7 Å². The molecule has 0 radical (unpaired) electrons. The van der Waals surface area contributed by atoms with Crippen LogP contribution in [0.3, 0.4) is 0 Å². The highest BCUT2D eigenvalue weighted by Gasteiger charge is 2.39. The summed E-state index contributed by atoms with van der Waals surface area (Å²) in [6, 6.07) is -0.191. The molecule has 1 aliphatic carbocycles. The summed E-state index contributed by atoms with van der Waals surface area (Å²) >= 11 is 0. The lowest BCUT2D eigenvalue weighted by molar-refractivity contribution is -0.0777. The Morgan fingerprint density at radius 3 is 2.60 bits per heavy atom. The maximum atomic E-state index is 6.17. The van der Waals surface area contributed by atoms with Crippen molar-refractivity contribution in [1.82, 2.24) is 10.1 Å². The van der Waals surface area contributed by atoms with Gasteiger partial charge in [0.15, 0.2) is 0 Å². The summed E-state index contributed by atoms with van der Waals surface area (Å²) in [4.78, 5) is 4.57. The summed E-state index contributed by atoms with van der Waals surface area (Å²) < 4.78 is 11.4. The predicted molar refractivity (Wildman–Crippen MR) is 77.1 cm³/mol. The lowest BCUT2D eigenvalue weighted by Gasteiger charge is -2.33. The molecule has 2 rings (SSSR count). The SMILES string of the molecule is CCOC1(c2noc(C(N)C(C)CC)n2)CCCCC1. The number of hydrogen-bond donors (Lipinski definition) is 1. The summed E-state index contributed by atoms with van der Waals surface area (Å²) in [5.41, 5.74) is 5.81. The Kier molecular flexibility index (Phi) is 5.16. The van der Waals surface area contributed by atoms with Gasteiger partial charge in [0.1, 0.15) is 5.60 Å². The Labute approximate surface area is 121 Å². The van der Waals surface area contributed by atoms with E-state index in [9.17, 15) is 0 Å². The molecule has 1 heterocycles. The fraction of sp³-hybridized carbons (Fsp3) is 0.867. The van der Waals surface area contributed by atoms with Crippen LogP contribution in [0.25, 0.3) is 0 Å². The molecule has 2 N–H and O–H groups in total. The molecule has 2 unspecified atom stereocenters. The minimum Gasteiger partial charge on any atom is -0.367 e. The highest BCUT2D eigenvalue weighted by molar-refractivity contribution is 5.05. The third-order valence-corrected chi connectivity index (χ3v) is 4.47. The van der Waals surface area contributed by atoms with Crippen LogP contribution in [0.1, 0.15) is 77.1 Å². The normalized spacial score (nSPS) is 21.6. The zero-order chi connectivity index (χ0) is 14.6. The summed E-state index contributed by atoms with van der Waals surface area (Å²) in [6.45, 7) is 6.90. The first kappa shape index (κ1) is 15.4. The first-order valence-electron chi connectivity index (χ1n) is 7.86. The maximum Gasteiger partial charge on any atom is 0.243 e. The van der Waals surface area contributed by atoms with E-state index >= 15 is 0 Å². The predicted octanol–water partition coefficient (Wildman–Crippen LogP) is 3.31. The maximum absolute atomic E-state index is 6.17. The second-order valence-electron chi connectivity index (χ2n) is 5.86. The molecule has 0 bridgehead atoms. The van der Waals surface area contributed by atoms with Crippen molar-refractivity contribution in [2.75, 3.05) is 6.61 Å². The molecule has 20 heavy (non-hydrogen) atoms. The molecule has 0 spiro atoms. The molecule has 5 heteroatoms. The number of nitrogens with zero attached hydrogens (tertiary/aromatic N) is 2. The number of rotatable bonds is 6. The Balaban J connectivity index is 2.20. The van der Waals surface area contributed by atoms with Crippen LogP contribution in [0.5, 0.6) is 0 Å². The highest BCUT2D eigenvalue weighted by Crippen LogP contribution is 2.39. The van der Waals surface area contributed by atoms with Gasteiger partial charge in [-0.25, -0.2) is 0 Å². The molecule has 1 aromatic heterocycles. The van der Waals surface area contributed by atoms with E-state index in [2.05, 4.69) is 24.0 Å². The molecular formula is C15H27N3O2. The van der Waals surface area contributed by atoms with Gasteiger partial charge >= 0.3 is 0 Å². The third-order valence-electron chi connectivity index (χ3n) is 4.47. The van der Waals surface area contributed by atoms with Gasteiger partial charge in [0.05, 0.1) is 6.04 Å². The van der Waals surface area contributed by atoms with Gasteiger partial charge in [-0.2, -0.15) is 4.98 Å². The summed E-state index contributed by atoms with van der Waals surface area (Å²) in [5.74, 6) is 1.56. The topological polar surface area (TPSA) is 74.2 Å². The zero-order valence-electron chi connectivity index (χ0n) is 12.9. The Morgan fingerprint density at radius 2 is 2.00 bits per heavy atom. The third kappa shape index (κ3) is 3.04. The van der Waals surface area contributed by atoms with E-state index in [1.807, 2.05) is 6.92 Å². The van der Waals surface area contributed by atoms with Crippen molar-refractivity contribution in [3.63, 3.8) is 0 Å². The first-order chi connectivity index (χ1) is 9.63.